The minimum atomic E-state index is -0.448. The van der Waals surface area contributed by atoms with E-state index >= 15 is 0 Å². The number of nitrogen functional groups attached to an aromatic ring is 1. The van der Waals surface area contributed by atoms with Crippen LogP contribution in [0, 0.1) is 12.7 Å². The topological polar surface area (TPSA) is 61.0 Å². The van der Waals surface area contributed by atoms with Gasteiger partial charge in [-0.2, -0.15) is 0 Å². The number of hydrogen-bond acceptors (Lipinski definition) is 4. The summed E-state index contributed by atoms with van der Waals surface area (Å²) in [7, 11) is 0. The summed E-state index contributed by atoms with van der Waals surface area (Å²) >= 11 is 3.04. The lowest BCUT2D eigenvalue weighted by molar-refractivity contribution is 0.452. The fourth-order valence-corrected chi connectivity index (χ4v) is 1.59. The molecule has 2 rings (SSSR count). The molecule has 88 valence electrons. The molecular formula is C11H9BrFN3O. The van der Waals surface area contributed by atoms with E-state index in [1.807, 2.05) is 0 Å². The molecule has 2 N–H and O–H groups in total. The lowest BCUT2D eigenvalue weighted by atomic mass is 10.3. The predicted molar refractivity (Wildman–Crippen MR) is 65.4 cm³/mol. The van der Waals surface area contributed by atoms with Crippen molar-refractivity contribution in [2.75, 3.05) is 5.73 Å². The zero-order valence-electron chi connectivity index (χ0n) is 8.95. The maximum atomic E-state index is 13.3. The Bertz CT molecular complexity index is 562. The Balaban J connectivity index is 2.37. The first-order valence-electron chi connectivity index (χ1n) is 4.78. The molecule has 6 heteroatoms. The molecule has 0 radical (unpaired) electrons. The van der Waals surface area contributed by atoms with Crippen molar-refractivity contribution in [2.45, 2.75) is 6.92 Å². The largest absolute Gasteiger partial charge is 0.435 e. The molecule has 0 saturated heterocycles. The summed E-state index contributed by atoms with van der Waals surface area (Å²) < 4.78 is 19.1. The number of hydrogen-bond donors (Lipinski definition) is 1. The van der Waals surface area contributed by atoms with Gasteiger partial charge in [0.25, 0.3) is 0 Å². The van der Waals surface area contributed by atoms with Gasteiger partial charge < -0.3 is 10.5 Å². The molecule has 1 heterocycles. The van der Waals surface area contributed by atoms with Gasteiger partial charge in [0.2, 0.25) is 5.88 Å². The molecular weight excluding hydrogens is 289 g/mol. The van der Waals surface area contributed by atoms with Crippen LogP contribution in [0.4, 0.5) is 10.1 Å². The molecule has 0 bridgehead atoms. The summed E-state index contributed by atoms with van der Waals surface area (Å²) in [5, 5.41) is 0. The second-order valence-electron chi connectivity index (χ2n) is 3.35. The average Bonchev–Trinajstić information content (AvgIpc) is 2.29. The number of nitrogens with two attached hydrogens (primary N) is 1. The van der Waals surface area contributed by atoms with E-state index in [4.69, 9.17) is 10.5 Å². The number of aromatic nitrogens is 2. The van der Waals surface area contributed by atoms with Gasteiger partial charge >= 0.3 is 0 Å². The normalized spacial score (nSPS) is 10.3. The molecule has 0 amide bonds. The number of rotatable bonds is 2. The maximum Gasteiger partial charge on any atom is 0.240 e. The van der Waals surface area contributed by atoms with Gasteiger partial charge in [-0.3, -0.25) is 4.98 Å². The van der Waals surface area contributed by atoms with E-state index in [9.17, 15) is 4.39 Å². The number of anilines is 1. The second kappa shape index (κ2) is 4.67. The van der Waals surface area contributed by atoms with Crippen molar-refractivity contribution >= 4 is 21.6 Å². The molecule has 0 spiro atoms. The Morgan fingerprint density at radius 2 is 2.00 bits per heavy atom. The fraction of sp³-hybridized carbons (Fsp3) is 0.0909. The van der Waals surface area contributed by atoms with Crippen LogP contribution in [0.25, 0.3) is 0 Å². The van der Waals surface area contributed by atoms with Crippen molar-refractivity contribution in [3.8, 4) is 11.6 Å². The molecule has 1 aromatic carbocycles. The van der Waals surface area contributed by atoms with Crippen LogP contribution in [-0.4, -0.2) is 9.97 Å². The third-order valence-corrected chi connectivity index (χ3v) is 2.70. The van der Waals surface area contributed by atoms with Crippen molar-refractivity contribution in [3.63, 3.8) is 0 Å². The molecule has 0 aliphatic rings. The van der Waals surface area contributed by atoms with Gasteiger partial charge in [-0.15, -0.1) is 0 Å². The molecule has 0 fully saturated rings. The molecule has 1 aromatic heterocycles. The van der Waals surface area contributed by atoms with E-state index in [1.165, 1.54) is 18.3 Å². The van der Waals surface area contributed by atoms with Gasteiger partial charge in [-0.1, -0.05) is 0 Å². The minimum Gasteiger partial charge on any atom is -0.435 e. The van der Waals surface area contributed by atoms with E-state index in [0.717, 1.165) is 0 Å². The first-order valence-corrected chi connectivity index (χ1v) is 5.57. The van der Waals surface area contributed by atoms with E-state index in [0.29, 0.717) is 21.7 Å². The lowest BCUT2D eigenvalue weighted by Crippen LogP contribution is -1.97. The summed E-state index contributed by atoms with van der Waals surface area (Å²) in [6.07, 6.45) is 3.04. The highest BCUT2D eigenvalue weighted by molar-refractivity contribution is 9.10. The molecule has 0 saturated carbocycles. The molecule has 0 unspecified atom stereocenters. The maximum absolute atomic E-state index is 13.3. The number of nitrogens with zero attached hydrogens (tertiary/aromatic N) is 2. The quantitative estimate of drug-likeness (QED) is 0.866. The monoisotopic (exact) mass is 297 g/mol. The van der Waals surface area contributed by atoms with E-state index in [2.05, 4.69) is 25.9 Å². The second-order valence-corrected chi connectivity index (χ2v) is 4.21. The number of halogens is 2. The van der Waals surface area contributed by atoms with E-state index in [1.54, 1.807) is 13.1 Å². The van der Waals surface area contributed by atoms with Gasteiger partial charge in [0.15, 0.2) is 5.75 Å². The van der Waals surface area contributed by atoms with Gasteiger partial charge in [0.1, 0.15) is 5.82 Å². The van der Waals surface area contributed by atoms with Crippen molar-refractivity contribution in [2.24, 2.45) is 0 Å². The van der Waals surface area contributed by atoms with Gasteiger partial charge in [0, 0.05) is 18.5 Å². The van der Waals surface area contributed by atoms with Crippen LogP contribution >= 0.6 is 15.9 Å². The highest BCUT2D eigenvalue weighted by atomic mass is 79.9. The smallest absolute Gasteiger partial charge is 0.240 e. The van der Waals surface area contributed by atoms with Crippen LogP contribution in [0.15, 0.2) is 29.0 Å². The summed E-state index contributed by atoms with van der Waals surface area (Å²) in [6, 6.07) is 2.64. The Labute approximate surface area is 106 Å². The molecule has 2 aromatic rings. The van der Waals surface area contributed by atoms with E-state index < -0.39 is 5.82 Å². The first-order chi connectivity index (χ1) is 8.08. The van der Waals surface area contributed by atoms with Crippen molar-refractivity contribution < 1.29 is 9.13 Å². The zero-order valence-corrected chi connectivity index (χ0v) is 10.5. The molecule has 17 heavy (non-hydrogen) atoms. The Morgan fingerprint density at radius 1 is 1.29 bits per heavy atom. The highest BCUT2D eigenvalue weighted by Gasteiger charge is 2.10. The van der Waals surface area contributed by atoms with Crippen LogP contribution in [-0.2, 0) is 0 Å². The zero-order chi connectivity index (χ0) is 12.4. The molecule has 0 atom stereocenters. The van der Waals surface area contributed by atoms with Crippen LogP contribution < -0.4 is 10.5 Å². The summed E-state index contributed by atoms with van der Waals surface area (Å²) in [6.45, 7) is 1.74. The summed E-state index contributed by atoms with van der Waals surface area (Å²) in [5.74, 6) is 0.0750. The molecule has 0 aliphatic carbocycles. The number of benzene rings is 1. The fourth-order valence-electron chi connectivity index (χ4n) is 1.23. The average molecular weight is 298 g/mol. The van der Waals surface area contributed by atoms with Crippen molar-refractivity contribution in [1.29, 1.82) is 0 Å². The van der Waals surface area contributed by atoms with E-state index in [-0.39, 0.29) is 5.75 Å². The van der Waals surface area contributed by atoms with Crippen LogP contribution in [0.5, 0.6) is 11.6 Å². The Hall–Kier alpha value is -1.69. The number of aryl methyl sites for hydroxylation is 1. The number of ether oxygens (including phenoxy) is 1. The Morgan fingerprint density at radius 3 is 2.71 bits per heavy atom. The van der Waals surface area contributed by atoms with Gasteiger partial charge in [-0.25, -0.2) is 9.37 Å². The Kier molecular flexibility index (Phi) is 3.23. The third kappa shape index (κ3) is 2.52. The summed E-state index contributed by atoms with van der Waals surface area (Å²) in [5.41, 5.74) is 6.65. The third-order valence-electron chi connectivity index (χ3n) is 2.10. The first kappa shape index (κ1) is 11.8. The standard InChI is InChI=1S/C11H9BrFN3O/c1-6-11(16-3-2-15-6)17-10-5-8(13)7(12)4-9(10)14/h2-5H,14H2,1H3. The molecule has 0 aliphatic heterocycles. The van der Waals surface area contributed by atoms with Crippen LogP contribution in [0.2, 0.25) is 0 Å². The molecule has 4 nitrogen and oxygen atoms in total. The van der Waals surface area contributed by atoms with Gasteiger partial charge in [-0.05, 0) is 28.9 Å². The van der Waals surface area contributed by atoms with Crippen molar-refractivity contribution in [3.05, 3.63) is 40.5 Å². The van der Waals surface area contributed by atoms with Gasteiger partial charge in [0.05, 0.1) is 15.9 Å². The SMILES string of the molecule is Cc1nccnc1Oc1cc(F)c(Br)cc1N. The minimum absolute atomic E-state index is 0.217. The van der Waals surface area contributed by atoms with Crippen LogP contribution in [0.1, 0.15) is 5.69 Å². The lowest BCUT2D eigenvalue weighted by Gasteiger charge is -2.09. The predicted octanol–water partition coefficient (Wildman–Crippen LogP) is 3.06. The highest BCUT2D eigenvalue weighted by Crippen LogP contribution is 2.31. The van der Waals surface area contributed by atoms with Crippen molar-refractivity contribution in [1.82, 2.24) is 9.97 Å². The van der Waals surface area contributed by atoms with Crippen LogP contribution in [0.3, 0.4) is 0 Å². The summed E-state index contributed by atoms with van der Waals surface area (Å²) in [4.78, 5) is 8.01.